The number of ether oxygens (including phenoxy) is 1. The number of nitrogen functional groups attached to an aromatic ring is 1. The summed E-state index contributed by atoms with van der Waals surface area (Å²) in [5.74, 6) is 0.205. The lowest BCUT2D eigenvalue weighted by molar-refractivity contribution is 0.0930. The summed E-state index contributed by atoms with van der Waals surface area (Å²) < 4.78 is 7.04. The van der Waals surface area contributed by atoms with Gasteiger partial charge in [0.1, 0.15) is 5.75 Å². The molecule has 1 amide bonds. The molecule has 27 heavy (non-hydrogen) atoms. The van der Waals surface area contributed by atoms with Crippen molar-refractivity contribution >= 4 is 53.7 Å². The quantitative estimate of drug-likeness (QED) is 0.720. The zero-order valence-electron chi connectivity index (χ0n) is 15.1. The van der Waals surface area contributed by atoms with Gasteiger partial charge in [-0.3, -0.25) is 9.48 Å². The van der Waals surface area contributed by atoms with Crippen LogP contribution in [0.5, 0.6) is 5.75 Å². The highest BCUT2D eigenvalue weighted by Crippen LogP contribution is 2.29. The number of carbonyl (C=O) groups is 1. The van der Waals surface area contributed by atoms with Crippen LogP contribution in [0.25, 0.3) is 0 Å². The van der Waals surface area contributed by atoms with E-state index in [1.54, 1.807) is 16.8 Å². The molecule has 1 aliphatic rings. The van der Waals surface area contributed by atoms with Crippen molar-refractivity contribution in [3.63, 3.8) is 0 Å². The van der Waals surface area contributed by atoms with E-state index in [0.717, 1.165) is 31.6 Å². The fraction of sp³-hybridized carbons (Fsp3) is 0.412. The number of benzene rings is 1. The number of rotatable bonds is 4. The third-order valence-corrected chi connectivity index (χ3v) is 4.70. The molecule has 1 aromatic heterocycles. The number of piperidine rings is 1. The second kappa shape index (κ2) is 9.92. The number of carbonyl (C=O) groups excluding carboxylic acids is 1. The van der Waals surface area contributed by atoms with Crippen molar-refractivity contribution in [3.8, 4) is 5.75 Å². The molecule has 7 nitrogen and oxygen atoms in total. The van der Waals surface area contributed by atoms with Gasteiger partial charge in [0.05, 0.1) is 35.3 Å². The Hall–Kier alpha value is -1.83. The summed E-state index contributed by atoms with van der Waals surface area (Å²) >= 11 is 6.06. The number of amides is 1. The van der Waals surface area contributed by atoms with Gasteiger partial charge < -0.3 is 20.7 Å². The van der Waals surface area contributed by atoms with Crippen molar-refractivity contribution in [2.24, 2.45) is 7.05 Å². The maximum absolute atomic E-state index is 12.7. The van der Waals surface area contributed by atoms with Crippen LogP contribution < -0.4 is 20.7 Å². The second-order valence-electron chi connectivity index (χ2n) is 6.20. The summed E-state index contributed by atoms with van der Waals surface area (Å²) in [6, 6.07) is 3.16. The van der Waals surface area contributed by atoms with Gasteiger partial charge in [-0.05, 0) is 18.9 Å². The van der Waals surface area contributed by atoms with Crippen LogP contribution in [0, 0.1) is 0 Å². The lowest BCUT2D eigenvalue weighted by atomic mass is 10.0. The molecule has 3 rings (SSSR count). The molecule has 1 aliphatic heterocycles. The Morgan fingerprint density at radius 2 is 2.15 bits per heavy atom. The van der Waals surface area contributed by atoms with Crippen LogP contribution in [0.3, 0.4) is 0 Å². The Labute approximate surface area is 176 Å². The minimum absolute atomic E-state index is 0. The average Bonchev–Trinajstić information content (AvgIpc) is 3.03. The van der Waals surface area contributed by atoms with E-state index in [0.29, 0.717) is 22.0 Å². The van der Waals surface area contributed by atoms with Gasteiger partial charge in [-0.1, -0.05) is 11.6 Å². The molecule has 0 radical (unpaired) electrons. The third-order valence-electron chi connectivity index (χ3n) is 4.38. The zero-order chi connectivity index (χ0) is 18.0. The standard InChI is InChI=1S/C17H22ClN5O2.2ClH/c1-22-10-12(8-20-22)23-5-3-4-11(9-23)21-17(24)13-6-14(18)15(19)7-16(13)25-2;;/h6-8,10-11H,3-5,9,19H2,1-2H3,(H,21,24);2*1H. The van der Waals surface area contributed by atoms with E-state index in [-0.39, 0.29) is 36.8 Å². The predicted octanol–water partition coefficient (Wildman–Crippen LogP) is 2.91. The zero-order valence-corrected chi connectivity index (χ0v) is 17.5. The fourth-order valence-electron chi connectivity index (χ4n) is 3.08. The summed E-state index contributed by atoms with van der Waals surface area (Å²) in [5.41, 5.74) is 7.61. The number of methoxy groups -OCH3 is 1. The number of hydrogen-bond donors (Lipinski definition) is 2. The Balaban J connectivity index is 0.00000182. The van der Waals surface area contributed by atoms with E-state index in [2.05, 4.69) is 15.3 Å². The maximum Gasteiger partial charge on any atom is 0.255 e. The van der Waals surface area contributed by atoms with Gasteiger partial charge in [0.2, 0.25) is 0 Å². The van der Waals surface area contributed by atoms with E-state index in [1.807, 2.05) is 19.4 Å². The molecule has 1 fully saturated rings. The molecule has 2 heterocycles. The summed E-state index contributed by atoms with van der Waals surface area (Å²) in [6.45, 7) is 1.69. The highest BCUT2D eigenvalue weighted by Gasteiger charge is 2.24. The number of aromatic nitrogens is 2. The first kappa shape index (κ1) is 23.2. The van der Waals surface area contributed by atoms with Gasteiger partial charge in [0.15, 0.2) is 0 Å². The summed E-state index contributed by atoms with van der Waals surface area (Å²) in [7, 11) is 3.40. The summed E-state index contributed by atoms with van der Waals surface area (Å²) in [5, 5.41) is 7.63. The molecule has 2 aromatic rings. The maximum atomic E-state index is 12.7. The van der Waals surface area contributed by atoms with Crippen molar-refractivity contribution in [3.05, 3.63) is 35.1 Å². The van der Waals surface area contributed by atoms with Crippen LogP contribution >= 0.6 is 36.4 Å². The minimum atomic E-state index is -0.211. The highest BCUT2D eigenvalue weighted by molar-refractivity contribution is 6.33. The van der Waals surface area contributed by atoms with Crippen molar-refractivity contribution in [1.29, 1.82) is 0 Å². The first-order valence-electron chi connectivity index (χ1n) is 8.15. The van der Waals surface area contributed by atoms with Crippen LogP contribution in [0.1, 0.15) is 23.2 Å². The SMILES string of the molecule is COc1cc(N)c(Cl)cc1C(=O)NC1CCCN(c2cnn(C)c2)C1.Cl.Cl. The van der Waals surface area contributed by atoms with Crippen molar-refractivity contribution in [1.82, 2.24) is 15.1 Å². The largest absolute Gasteiger partial charge is 0.496 e. The first-order valence-corrected chi connectivity index (χ1v) is 8.53. The molecule has 3 N–H and O–H groups in total. The number of halogens is 3. The smallest absolute Gasteiger partial charge is 0.255 e. The van der Waals surface area contributed by atoms with Gasteiger partial charge in [-0.15, -0.1) is 24.8 Å². The minimum Gasteiger partial charge on any atom is -0.496 e. The number of nitrogens with one attached hydrogen (secondary N) is 1. The van der Waals surface area contributed by atoms with Crippen molar-refractivity contribution in [2.75, 3.05) is 30.8 Å². The molecule has 0 saturated carbocycles. The monoisotopic (exact) mass is 435 g/mol. The number of aryl methyl sites for hydroxylation is 1. The number of nitrogens with zero attached hydrogens (tertiary/aromatic N) is 3. The van der Waals surface area contributed by atoms with E-state index >= 15 is 0 Å². The Morgan fingerprint density at radius 1 is 1.41 bits per heavy atom. The van der Waals surface area contributed by atoms with Gasteiger partial charge in [0, 0.05) is 38.4 Å². The van der Waals surface area contributed by atoms with Crippen LogP contribution in [0.2, 0.25) is 5.02 Å². The molecular weight excluding hydrogens is 413 g/mol. The van der Waals surface area contributed by atoms with Gasteiger partial charge in [-0.25, -0.2) is 0 Å². The second-order valence-corrected chi connectivity index (χ2v) is 6.61. The fourth-order valence-corrected chi connectivity index (χ4v) is 3.24. The molecule has 10 heteroatoms. The average molecular weight is 437 g/mol. The lowest BCUT2D eigenvalue weighted by Crippen LogP contribution is -2.47. The van der Waals surface area contributed by atoms with E-state index in [4.69, 9.17) is 22.1 Å². The topological polar surface area (TPSA) is 85.4 Å². The molecule has 1 unspecified atom stereocenters. The number of hydrogen-bond acceptors (Lipinski definition) is 5. The van der Waals surface area contributed by atoms with Crippen LogP contribution in [0.4, 0.5) is 11.4 Å². The molecular formula is C17H24Cl3N5O2. The van der Waals surface area contributed by atoms with E-state index in [9.17, 15) is 4.79 Å². The van der Waals surface area contributed by atoms with Crippen LogP contribution in [-0.2, 0) is 7.05 Å². The number of anilines is 2. The van der Waals surface area contributed by atoms with E-state index in [1.165, 1.54) is 7.11 Å². The van der Waals surface area contributed by atoms with Crippen molar-refractivity contribution < 1.29 is 9.53 Å². The molecule has 0 spiro atoms. The lowest BCUT2D eigenvalue weighted by Gasteiger charge is -2.33. The van der Waals surface area contributed by atoms with Gasteiger partial charge >= 0.3 is 0 Å². The highest BCUT2D eigenvalue weighted by atomic mass is 35.5. The molecule has 1 atom stereocenters. The Morgan fingerprint density at radius 3 is 2.78 bits per heavy atom. The van der Waals surface area contributed by atoms with Gasteiger partial charge in [-0.2, -0.15) is 5.10 Å². The van der Waals surface area contributed by atoms with Crippen molar-refractivity contribution in [2.45, 2.75) is 18.9 Å². The Bertz CT molecular complexity index is 784. The Kier molecular flexibility index (Phi) is 8.53. The molecule has 0 aliphatic carbocycles. The number of nitrogens with two attached hydrogens (primary N) is 1. The van der Waals surface area contributed by atoms with Crippen LogP contribution in [-0.4, -0.2) is 41.9 Å². The molecule has 1 aromatic carbocycles. The molecule has 0 bridgehead atoms. The third kappa shape index (κ3) is 5.34. The first-order chi connectivity index (χ1) is 12.0. The normalized spacial score (nSPS) is 16.1. The predicted molar refractivity (Wildman–Crippen MR) is 113 cm³/mol. The van der Waals surface area contributed by atoms with E-state index < -0.39 is 0 Å². The summed E-state index contributed by atoms with van der Waals surface area (Å²) in [4.78, 5) is 14.9. The van der Waals surface area contributed by atoms with Gasteiger partial charge in [0.25, 0.3) is 5.91 Å². The summed E-state index contributed by atoms with van der Waals surface area (Å²) in [6.07, 6.45) is 5.74. The molecule has 1 saturated heterocycles. The van der Waals surface area contributed by atoms with Crippen LogP contribution in [0.15, 0.2) is 24.5 Å². The molecule has 150 valence electrons.